The minimum atomic E-state index is 0.776. The molecular formula is C14H18O. The monoisotopic (exact) mass is 202 g/mol. The third-order valence-corrected chi connectivity index (χ3v) is 3.76. The Kier molecular flexibility index (Phi) is 2.40. The number of rotatable bonds is 1. The topological polar surface area (TPSA) is 9.23 Å². The zero-order valence-electron chi connectivity index (χ0n) is 9.17. The van der Waals surface area contributed by atoms with Gasteiger partial charge in [-0.25, -0.2) is 0 Å². The highest BCUT2D eigenvalue weighted by Crippen LogP contribution is 2.41. The molecule has 0 bridgehead atoms. The van der Waals surface area contributed by atoms with Crippen molar-refractivity contribution in [3.8, 4) is 5.75 Å². The lowest BCUT2D eigenvalue weighted by Crippen LogP contribution is -2.11. The van der Waals surface area contributed by atoms with Gasteiger partial charge in [0.25, 0.3) is 0 Å². The number of fused-ring (bicyclic) bond motifs is 1. The predicted molar refractivity (Wildman–Crippen MR) is 61.5 cm³/mol. The number of benzene rings is 1. The van der Waals surface area contributed by atoms with E-state index >= 15 is 0 Å². The van der Waals surface area contributed by atoms with Crippen molar-refractivity contribution in [1.29, 1.82) is 0 Å². The third-order valence-electron chi connectivity index (χ3n) is 3.76. The normalized spacial score (nSPS) is 21.1. The lowest BCUT2D eigenvalue weighted by Gasteiger charge is -2.22. The number of hydrogen-bond donors (Lipinski definition) is 0. The van der Waals surface area contributed by atoms with E-state index in [2.05, 4.69) is 18.2 Å². The number of hydrogen-bond acceptors (Lipinski definition) is 1. The Morgan fingerprint density at radius 2 is 1.93 bits per heavy atom. The Morgan fingerprint density at radius 1 is 1.07 bits per heavy atom. The maximum absolute atomic E-state index is 5.87. The highest BCUT2D eigenvalue weighted by atomic mass is 16.5. The van der Waals surface area contributed by atoms with E-state index in [1.165, 1.54) is 55.4 Å². The minimum Gasteiger partial charge on any atom is -0.493 e. The van der Waals surface area contributed by atoms with E-state index in [0.717, 1.165) is 12.5 Å². The zero-order chi connectivity index (χ0) is 10.1. The Bertz CT molecular complexity index is 350. The minimum absolute atomic E-state index is 0.776. The molecule has 1 aliphatic heterocycles. The average molecular weight is 202 g/mol. The molecule has 1 aromatic rings. The first kappa shape index (κ1) is 9.26. The van der Waals surface area contributed by atoms with Crippen LogP contribution < -0.4 is 4.74 Å². The maximum atomic E-state index is 5.87. The fourth-order valence-corrected chi connectivity index (χ4v) is 2.97. The van der Waals surface area contributed by atoms with Gasteiger partial charge >= 0.3 is 0 Å². The van der Waals surface area contributed by atoms with Crippen LogP contribution in [0.25, 0.3) is 0 Å². The molecule has 3 rings (SSSR count). The maximum Gasteiger partial charge on any atom is 0.125 e. The standard InChI is InChI=1S/C14H18O/c1-2-6-11(5-1)13-9-3-7-12-8-4-10-15-14(12)13/h3,7,9,11H,1-2,4-6,8,10H2. The summed E-state index contributed by atoms with van der Waals surface area (Å²) in [5.41, 5.74) is 2.93. The average Bonchev–Trinajstić information content (AvgIpc) is 2.82. The summed E-state index contributed by atoms with van der Waals surface area (Å²) in [7, 11) is 0. The number of ether oxygens (including phenoxy) is 1. The molecule has 1 heterocycles. The van der Waals surface area contributed by atoms with Gasteiger partial charge < -0.3 is 4.74 Å². The van der Waals surface area contributed by atoms with Crippen LogP contribution in [0.2, 0.25) is 0 Å². The van der Waals surface area contributed by atoms with E-state index in [4.69, 9.17) is 4.74 Å². The molecule has 2 aliphatic rings. The van der Waals surface area contributed by atoms with Gasteiger partial charge in [0, 0.05) is 0 Å². The molecule has 0 N–H and O–H groups in total. The van der Waals surface area contributed by atoms with Crippen molar-refractivity contribution in [2.24, 2.45) is 0 Å². The van der Waals surface area contributed by atoms with Crippen molar-refractivity contribution in [2.75, 3.05) is 6.61 Å². The second kappa shape index (κ2) is 3.88. The molecule has 1 heteroatoms. The second-order valence-electron chi connectivity index (χ2n) is 4.77. The molecule has 0 saturated heterocycles. The highest BCUT2D eigenvalue weighted by Gasteiger charge is 2.23. The van der Waals surface area contributed by atoms with Gasteiger partial charge in [0.05, 0.1) is 6.61 Å². The van der Waals surface area contributed by atoms with E-state index in [1.807, 2.05) is 0 Å². The van der Waals surface area contributed by atoms with Crippen molar-refractivity contribution in [3.05, 3.63) is 29.3 Å². The van der Waals surface area contributed by atoms with E-state index in [0.29, 0.717) is 0 Å². The lowest BCUT2D eigenvalue weighted by molar-refractivity contribution is 0.283. The van der Waals surface area contributed by atoms with Crippen LogP contribution >= 0.6 is 0 Å². The summed E-state index contributed by atoms with van der Waals surface area (Å²) in [6.07, 6.45) is 7.90. The molecule has 0 amide bonds. The Balaban J connectivity index is 1.99. The summed E-state index contributed by atoms with van der Waals surface area (Å²) in [4.78, 5) is 0. The number of para-hydroxylation sites is 1. The van der Waals surface area contributed by atoms with Gasteiger partial charge in [0.2, 0.25) is 0 Å². The summed E-state index contributed by atoms with van der Waals surface area (Å²) in [5.74, 6) is 2.01. The first-order valence-electron chi connectivity index (χ1n) is 6.20. The van der Waals surface area contributed by atoms with Crippen LogP contribution in [0.15, 0.2) is 18.2 Å². The molecule has 1 aromatic carbocycles. The van der Waals surface area contributed by atoms with Gasteiger partial charge in [0.1, 0.15) is 5.75 Å². The number of aryl methyl sites for hydroxylation is 1. The van der Waals surface area contributed by atoms with Crippen LogP contribution in [0, 0.1) is 0 Å². The molecule has 0 spiro atoms. The highest BCUT2D eigenvalue weighted by molar-refractivity contribution is 5.44. The lowest BCUT2D eigenvalue weighted by atomic mass is 9.92. The predicted octanol–water partition coefficient (Wildman–Crippen LogP) is 3.67. The van der Waals surface area contributed by atoms with Crippen LogP contribution in [-0.4, -0.2) is 6.61 Å². The zero-order valence-corrected chi connectivity index (χ0v) is 9.17. The van der Waals surface area contributed by atoms with Crippen molar-refractivity contribution in [3.63, 3.8) is 0 Å². The van der Waals surface area contributed by atoms with Crippen LogP contribution in [-0.2, 0) is 6.42 Å². The van der Waals surface area contributed by atoms with Gasteiger partial charge in [-0.1, -0.05) is 31.0 Å². The molecule has 15 heavy (non-hydrogen) atoms. The molecule has 1 aliphatic carbocycles. The van der Waals surface area contributed by atoms with Crippen LogP contribution in [0.4, 0.5) is 0 Å². The fourth-order valence-electron chi connectivity index (χ4n) is 2.97. The van der Waals surface area contributed by atoms with Crippen molar-refractivity contribution >= 4 is 0 Å². The Labute approximate surface area is 91.5 Å². The molecular weight excluding hydrogens is 184 g/mol. The van der Waals surface area contributed by atoms with Gasteiger partial charge in [-0.15, -0.1) is 0 Å². The molecule has 1 fully saturated rings. The molecule has 80 valence electrons. The summed E-state index contributed by atoms with van der Waals surface area (Å²) >= 11 is 0. The van der Waals surface area contributed by atoms with Crippen molar-refractivity contribution in [1.82, 2.24) is 0 Å². The Morgan fingerprint density at radius 3 is 2.80 bits per heavy atom. The smallest absolute Gasteiger partial charge is 0.125 e. The van der Waals surface area contributed by atoms with Crippen LogP contribution in [0.1, 0.15) is 49.1 Å². The largest absolute Gasteiger partial charge is 0.493 e. The van der Waals surface area contributed by atoms with Crippen molar-refractivity contribution in [2.45, 2.75) is 44.4 Å². The first-order chi connectivity index (χ1) is 7.45. The Hall–Kier alpha value is -0.980. The summed E-state index contributed by atoms with van der Waals surface area (Å²) in [6, 6.07) is 6.72. The second-order valence-corrected chi connectivity index (χ2v) is 4.77. The van der Waals surface area contributed by atoms with E-state index in [1.54, 1.807) is 0 Å². The van der Waals surface area contributed by atoms with E-state index in [9.17, 15) is 0 Å². The quantitative estimate of drug-likeness (QED) is 0.675. The van der Waals surface area contributed by atoms with E-state index < -0.39 is 0 Å². The van der Waals surface area contributed by atoms with Gasteiger partial charge in [0.15, 0.2) is 0 Å². The fraction of sp³-hybridized carbons (Fsp3) is 0.571. The third kappa shape index (κ3) is 1.64. The molecule has 0 aromatic heterocycles. The molecule has 0 atom stereocenters. The molecule has 0 radical (unpaired) electrons. The first-order valence-corrected chi connectivity index (χ1v) is 6.20. The molecule has 1 saturated carbocycles. The SMILES string of the molecule is c1cc2c(c(C3CCCC3)c1)OCCC2. The van der Waals surface area contributed by atoms with Gasteiger partial charge in [-0.05, 0) is 42.7 Å². The van der Waals surface area contributed by atoms with Crippen LogP contribution in [0.5, 0.6) is 5.75 Å². The van der Waals surface area contributed by atoms with Crippen LogP contribution in [0.3, 0.4) is 0 Å². The summed E-state index contributed by atoms with van der Waals surface area (Å²) in [6.45, 7) is 0.913. The summed E-state index contributed by atoms with van der Waals surface area (Å²) in [5, 5.41) is 0. The van der Waals surface area contributed by atoms with E-state index in [-0.39, 0.29) is 0 Å². The molecule has 0 unspecified atom stereocenters. The van der Waals surface area contributed by atoms with Crippen molar-refractivity contribution < 1.29 is 4.74 Å². The van der Waals surface area contributed by atoms with Gasteiger partial charge in [-0.3, -0.25) is 0 Å². The summed E-state index contributed by atoms with van der Waals surface area (Å²) < 4.78 is 5.87. The molecule has 1 nitrogen and oxygen atoms in total. The van der Waals surface area contributed by atoms with Gasteiger partial charge in [-0.2, -0.15) is 0 Å².